The Kier molecular flexibility index (Phi) is 3.47. The Balaban J connectivity index is 1.61. The van der Waals surface area contributed by atoms with Gasteiger partial charge in [0, 0.05) is 10.8 Å². The number of rotatable bonds is 4. The van der Waals surface area contributed by atoms with Crippen LogP contribution in [0.15, 0.2) is 23.3 Å². The highest BCUT2D eigenvalue weighted by Crippen LogP contribution is 2.51. The van der Waals surface area contributed by atoms with Gasteiger partial charge in [0.05, 0.1) is 29.9 Å². The fourth-order valence-corrected chi connectivity index (χ4v) is 5.49. The Hall–Kier alpha value is -1.87. The van der Waals surface area contributed by atoms with Crippen LogP contribution in [0.1, 0.15) is 13.8 Å². The Morgan fingerprint density at radius 2 is 2.29 bits per heavy atom. The molecule has 9 heteroatoms. The lowest BCUT2D eigenvalue weighted by Crippen LogP contribution is -2.63. The molecule has 0 spiro atoms. The summed E-state index contributed by atoms with van der Waals surface area (Å²) in [6.07, 6.45) is 2.74. The highest BCUT2D eigenvalue weighted by molar-refractivity contribution is 8.03. The molecule has 1 saturated heterocycles. The van der Waals surface area contributed by atoms with Crippen LogP contribution in [0.25, 0.3) is 0 Å². The fourth-order valence-electron chi connectivity index (χ4n) is 4.03. The van der Waals surface area contributed by atoms with Crippen molar-refractivity contribution in [2.45, 2.75) is 44.3 Å². The summed E-state index contributed by atoms with van der Waals surface area (Å²) in [5.41, 5.74) is 0.0964. The molecular weight excluding hydrogens is 332 g/mol. The monoisotopic (exact) mass is 351 g/mol. The van der Waals surface area contributed by atoms with Crippen LogP contribution in [0.5, 0.6) is 0 Å². The van der Waals surface area contributed by atoms with Crippen molar-refractivity contribution in [2.24, 2.45) is 11.8 Å². The van der Waals surface area contributed by atoms with E-state index < -0.39 is 18.0 Å². The Bertz CT molecular complexity index is 738. The maximum atomic E-state index is 12.3. The number of carbonyl (C=O) groups excluding carboxylic acids is 1. The van der Waals surface area contributed by atoms with Gasteiger partial charge >= 0.3 is 12.3 Å². The van der Waals surface area contributed by atoms with E-state index in [1.807, 2.05) is 16.3 Å². The van der Waals surface area contributed by atoms with E-state index in [0.29, 0.717) is 0 Å². The molecule has 0 aliphatic carbocycles. The van der Waals surface area contributed by atoms with Crippen LogP contribution >= 0.6 is 11.8 Å². The summed E-state index contributed by atoms with van der Waals surface area (Å²) in [6.45, 7) is 5.05. The Morgan fingerprint density at radius 3 is 2.92 bits per heavy atom. The number of aliphatic carboxylic acids is 1. The molecule has 3 aliphatic heterocycles. The van der Waals surface area contributed by atoms with Crippen molar-refractivity contribution in [1.29, 1.82) is 0 Å². The summed E-state index contributed by atoms with van der Waals surface area (Å²) in [6, 6.07) is -0.249. The second-order valence-corrected chi connectivity index (χ2v) is 7.98. The first kappa shape index (κ1) is 15.6. The Labute approximate surface area is 142 Å². The lowest BCUT2D eigenvalue weighted by atomic mass is 9.79. The zero-order chi connectivity index (χ0) is 17.2. The molecule has 0 saturated carbocycles. The van der Waals surface area contributed by atoms with Gasteiger partial charge in [-0.1, -0.05) is 6.92 Å². The van der Waals surface area contributed by atoms with Gasteiger partial charge in [-0.25, -0.2) is 4.79 Å². The average molecular weight is 351 g/mol. The predicted molar refractivity (Wildman–Crippen MR) is 83.4 cm³/mol. The molecule has 2 N–H and O–H groups in total. The van der Waals surface area contributed by atoms with E-state index in [1.54, 1.807) is 19.6 Å². The zero-order valence-corrected chi connectivity index (χ0v) is 14.2. The van der Waals surface area contributed by atoms with Crippen LogP contribution in [0.4, 0.5) is 0 Å². The van der Waals surface area contributed by atoms with Crippen molar-refractivity contribution < 1.29 is 24.5 Å². The molecule has 1 aromatic rings. The lowest BCUT2D eigenvalue weighted by Gasteiger charge is -2.46. The minimum Gasteiger partial charge on any atom is -0.477 e. The quantitative estimate of drug-likeness (QED) is 0.557. The number of aromatic nitrogens is 3. The largest absolute Gasteiger partial charge is 0.477 e. The van der Waals surface area contributed by atoms with Gasteiger partial charge in [0.2, 0.25) is 12.2 Å². The number of carboxylic acid groups (broad SMARTS) is 1. The summed E-state index contributed by atoms with van der Waals surface area (Å²) < 4.78 is 3.99. The van der Waals surface area contributed by atoms with Gasteiger partial charge in [0.1, 0.15) is 12.2 Å². The number of carbonyl (C=O) groups is 2. The second kappa shape index (κ2) is 5.32. The average Bonchev–Trinajstić information content (AvgIpc) is 3.12. The molecule has 4 unspecified atom stereocenters. The van der Waals surface area contributed by atoms with E-state index in [1.165, 1.54) is 16.7 Å². The second-order valence-electron chi connectivity index (χ2n) is 6.64. The number of nitrogens with zero attached hydrogens (tertiary/aromatic N) is 4. The molecule has 4 heterocycles. The lowest BCUT2D eigenvalue weighted by molar-refractivity contribution is -0.758. The fraction of sp³-hybridized carbons (Fsp3) is 0.600. The van der Waals surface area contributed by atoms with Crippen molar-refractivity contribution in [3.8, 4) is 0 Å². The number of amides is 1. The standard InChI is InChI=1S/C15H18N4O4S/c1-7-11-10(8(2)20)14(21)19(11)12(15(22)23)13(7)24-9-3-17-5-16-6-18(17)4-9/h5-11,20H,3-4H2,1-2H3/p+1. The number of fused-ring (bicyclic) bond motifs is 2. The van der Waals surface area contributed by atoms with Crippen LogP contribution in [-0.2, 0) is 22.7 Å². The summed E-state index contributed by atoms with van der Waals surface area (Å²) in [5, 5.41) is 19.7. The first-order valence-electron chi connectivity index (χ1n) is 7.95. The van der Waals surface area contributed by atoms with E-state index in [0.717, 1.165) is 18.0 Å². The third-order valence-corrected chi connectivity index (χ3v) is 6.57. The third-order valence-electron chi connectivity index (χ3n) is 5.12. The number of aliphatic hydroxyl groups is 1. The highest BCUT2D eigenvalue weighted by Gasteiger charge is 2.60. The Morgan fingerprint density at radius 1 is 1.54 bits per heavy atom. The van der Waals surface area contributed by atoms with Crippen molar-refractivity contribution >= 4 is 23.6 Å². The molecule has 4 atom stereocenters. The van der Waals surface area contributed by atoms with Crippen molar-refractivity contribution in [1.82, 2.24) is 14.6 Å². The third kappa shape index (κ3) is 2.04. The van der Waals surface area contributed by atoms with E-state index in [-0.39, 0.29) is 28.8 Å². The molecular formula is C15H19N4O4S+. The minimum atomic E-state index is -1.07. The summed E-state index contributed by atoms with van der Waals surface area (Å²) >= 11 is 1.54. The minimum absolute atomic E-state index is 0.0820. The molecule has 24 heavy (non-hydrogen) atoms. The molecule has 0 bridgehead atoms. The van der Waals surface area contributed by atoms with E-state index in [2.05, 4.69) is 4.98 Å². The molecule has 1 amide bonds. The van der Waals surface area contributed by atoms with Gasteiger partial charge in [-0.15, -0.1) is 11.8 Å². The first-order valence-corrected chi connectivity index (χ1v) is 8.83. The van der Waals surface area contributed by atoms with Crippen molar-refractivity contribution in [3.63, 3.8) is 0 Å². The van der Waals surface area contributed by atoms with Gasteiger partial charge in [-0.05, 0) is 11.9 Å². The molecule has 1 fully saturated rings. The molecule has 0 radical (unpaired) electrons. The number of carboxylic acids is 1. The van der Waals surface area contributed by atoms with Gasteiger partial charge in [0.25, 0.3) is 0 Å². The number of hydrogen-bond acceptors (Lipinski definition) is 5. The molecule has 3 aliphatic rings. The predicted octanol–water partition coefficient (Wildman–Crippen LogP) is -0.560. The summed E-state index contributed by atoms with van der Waals surface area (Å²) in [5.74, 6) is -1.95. The number of β-lactam (4-membered cyclic amide) rings is 1. The van der Waals surface area contributed by atoms with Crippen molar-refractivity contribution in [2.75, 3.05) is 0 Å². The SMILES string of the molecule is CC(O)C1C(=O)N2C(C(=O)O)=C(SC3Cn4cnc[n+]4C3)C(C)C12. The smallest absolute Gasteiger partial charge is 0.353 e. The number of hydrogen-bond donors (Lipinski definition) is 2. The molecule has 4 rings (SSSR count). The molecule has 0 aromatic carbocycles. The van der Waals surface area contributed by atoms with Gasteiger partial charge in [-0.2, -0.15) is 9.36 Å². The maximum Gasteiger partial charge on any atom is 0.353 e. The maximum absolute atomic E-state index is 12.3. The molecule has 8 nitrogen and oxygen atoms in total. The molecule has 128 valence electrons. The zero-order valence-electron chi connectivity index (χ0n) is 13.4. The van der Waals surface area contributed by atoms with Crippen LogP contribution < -0.4 is 4.68 Å². The van der Waals surface area contributed by atoms with Crippen LogP contribution in [0.3, 0.4) is 0 Å². The topological polar surface area (TPSA) is 99.5 Å². The van der Waals surface area contributed by atoms with E-state index in [4.69, 9.17) is 0 Å². The molecule has 1 aromatic heterocycles. The van der Waals surface area contributed by atoms with E-state index in [9.17, 15) is 19.8 Å². The first-order chi connectivity index (χ1) is 11.4. The number of thioether (sulfide) groups is 1. The highest BCUT2D eigenvalue weighted by atomic mass is 32.2. The van der Waals surface area contributed by atoms with Crippen LogP contribution in [0, 0.1) is 11.8 Å². The van der Waals surface area contributed by atoms with Gasteiger partial charge < -0.3 is 15.1 Å². The normalized spacial score (nSPS) is 32.6. The van der Waals surface area contributed by atoms with Crippen LogP contribution in [-0.4, -0.2) is 54.1 Å². The van der Waals surface area contributed by atoms with Crippen molar-refractivity contribution in [3.05, 3.63) is 23.3 Å². The summed E-state index contributed by atoms with van der Waals surface area (Å²) in [7, 11) is 0. The number of aliphatic hydroxyl groups excluding tert-OH is 1. The van der Waals surface area contributed by atoms with Gasteiger partial charge in [-0.3, -0.25) is 4.79 Å². The van der Waals surface area contributed by atoms with E-state index >= 15 is 0 Å². The van der Waals surface area contributed by atoms with Crippen LogP contribution in [0.2, 0.25) is 0 Å². The van der Waals surface area contributed by atoms with Gasteiger partial charge in [0.15, 0.2) is 0 Å². The summed E-state index contributed by atoms with van der Waals surface area (Å²) in [4.78, 5) is 30.3.